The van der Waals surface area contributed by atoms with Gasteiger partial charge in [-0.05, 0) is 47.1 Å². The molecule has 0 radical (unpaired) electrons. The Morgan fingerprint density at radius 3 is 2.80 bits per heavy atom. The Kier molecular flexibility index (Phi) is 4.27. The van der Waals surface area contributed by atoms with Gasteiger partial charge in [0.2, 0.25) is 5.82 Å². The monoisotopic (exact) mass is 281 g/mol. The third-order valence-corrected chi connectivity index (χ3v) is 3.69. The molecule has 1 aliphatic heterocycles. The predicted octanol–water partition coefficient (Wildman–Crippen LogP) is 2.23. The number of hydrogen-bond acceptors (Lipinski definition) is 5. The second kappa shape index (κ2) is 5.78. The molecule has 2 N–H and O–H groups in total. The normalized spacial score (nSPS) is 23.1. The average molecular weight is 281 g/mol. The van der Waals surface area contributed by atoms with Crippen molar-refractivity contribution < 1.29 is 4.92 Å². The van der Waals surface area contributed by atoms with Crippen molar-refractivity contribution in [1.29, 1.82) is 0 Å². The van der Waals surface area contributed by atoms with E-state index in [1.165, 1.54) is 0 Å². The smallest absolute Gasteiger partial charge is 0.333 e. The van der Waals surface area contributed by atoms with Gasteiger partial charge in [0.15, 0.2) is 0 Å². The molecule has 2 rings (SSSR count). The summed E-state index contributed by atoms with van der Waals surface area (Å²) in [6.45, 7) is 8.71. The van der Waals surface area contributed by atoms with Crippen LogP contribution in [0.2, 0.25) is 0 Å². The second-order valence-corrected chi connectivity index (χ2v) is 5.80. The molecule has 1 aromatic rings. The van der Waals surface area contributed by atoms with E-state index < -0.39 is 0 Å². The highest BCUT2D eigenvalue weighted by Gasteiger charge is 2.29. The minimum Gasteiger partial charge on any atom is -0.362 e. The highest BCUT2D eigenvalue weighted by molar-refractivity contribution is 5.60. The summed E-state index contributed by atoms with van der Waals surface area (Å²) in [7, 11) is 0. The van der Waals surface area contributed by atoms with Crippen molar-refractivity contribution >= 4 is 11.5 Å². The van der Waals surface area contributed by atoms with Gasteiger partial charge in [0, 0.05) is 18.1 Å². The largest absolute Gasteiger partial charge is 0.362 e. The maximum atomic E-state index is 11.3. The highest BCUT2D eigenvalue weighted by Crippen LogP contribution is 2.32. The van der Waals surface area contributed by atoms with Gasteiger partial charge in [-0.3, -0.25) is 10.1 Å². The number of piperidine rings is 1. The summed E-state index contributed by atoms with van der Waals surface area (Å²) in [4.78, 5) is 10.9. The van der Waals surface area contributed by atoms with Crippen LogP contribution in [0.25, 0.3) is 0 Å². The van der Waals surface area contributed by atoms with Crippen LogP contribution in [0.15, 0.2) is 0 Å². The van der Waals surface area contributed by atoms with Crippen molar-refractivity contribution in [3.63, 3.8) is 0 Å². The molecule has 20 heavy (non-hydrogen) atoms. The third kappa shape index (κ3) is 2.92. The predicted molar refractivity (Wildman–Crippen MR) is 78.1 cm³/mol. The van der Waals surface area contributed by atoms with Gasteiger partial charge >= 0.3 is 5.69 Å². The van der Waals surface area contributed by atoms with Gasteiger partial charge < -0.3 is 10.6 Å². The molecule has 7 nitrogen and oxygen atoms in total. The van der Waals surface area contributed by atoms with Gasteiger partial charge in [-0.2, -0.15) is 5.10 Å². The summed E-state index contributed by atoms with van der Waals surface area (Å²) in [5.74, 6) is 0.543. The van der Waals surface area contributed by atoms with E-state index in [4.69, 9.17) is 0 Å². The number of aromatic nitrogens is 2. The number of aryl methyl sites for hydroxylation is 1. The molecular formula is C13H23N5O2. The fourth-order valence-electron chi connectivity index (χ4n) is 2.72. The first-order chi connectivity index (χ1) is 9.40. The molecule has 0 aromatic carbocycles. The fraction of sp³-hybridized carbons (Fsp3) is 0.769. The molecular weight excluding hydrogens is 258 g/mol. The van der Waals surface area contributed by atoms with Crippen molar-refractivity contribution in [2.75, 3.05) is 11.9 Å². The van der Waals surface area contributed by atoms with Gasteiger partial charge in [0.1, 0.15) is 5.69 Å². The molecule has 0 spiro atoms. The van der Waals surface area contributed by atoms with Gasteiger partial charge in [-0.1, -0.05) is 0 Å². The molecule has 2 atom stereocenters. The highest BCUT2D eigenvalue weighted by atomic mass is 16.6. The van der Waals surface area contributed by atoms with Crippen LogP contribution in [0.4, 0.5) is 11.5 Å². The SMILES string of the molecule is Cc1nn(C(C)C)c(NC2CCNC(C)C2)c1[N+](=O)[O-]. The molecule has 2 heterocycles. The Balaban J connectivity index is 2.30. The number of rotatable bonds is 4. The molecule has 1 aliphatic rings. The van der Waals surface area contributed by atoms with Gasteiger partial charge in [-0.15, -0.1) is 0 Å². The van der Waals surface area contributed by atoms with E-state index in [1.807, 2.05) is 13.8 Å². The standard InChI is InChI=1S/C13H23N5O2/c1-8(2)17-13(12(18(19)20)10(4)16-17)15-11-5-6-14-9(3)7-11/h8-9,11,14-15H,5-7H2,1-4H3. The summed E-state index contributed by atoms with van der Waals surface area (Å²) in [6.07, 6.45) is 1.92. The lowest BCUT2D eigenvalue weighted by molar-refractivity contribution is -0.384. The summed E-state index contributed by atoms with van der Waals surface area (Å²) < 4.78 is 1.72. The Bertz CT molecular complexity index is 497. The Hall–Kier alpha value is -1.63. The topological polar surface area (TPSA) is 85.0 Å². The Labute approximate surface area is 118 Å². The van der Waals surface area contributed by atoms with Crippen LogP contribution in [0.5, 0.6) is 0 Å². The van der Waals surface area contributed by atoms with Crippen LogP contribution in [-0.2, 0) is 0 Å². The van der Waals surface area contributed by atoms with Crippen molar-refractivity contribution in [3.05, 3.63) is 15.8 Å². The minimum absolute atomic E-state index is 0.0871. The number of anilines is 1. The summed E-state index contributed by atoms with van der Waals surface area (Å²) in [6, 6.07) is 0.763. The summed E-state index contributed by atoms with van der Waals surface area (Å²) >= 11 is 0. The van der Waals surface area contributed by atoms with E-state index in [2.05, 4.69) is 22.7 Å². The molecule has 1 saturated heterocycles. The van der Waals surface area contributed by atoms with Crippen molar-refractivity contribution in [2.24, 2.45) is 0 Å². The summed E-state index contributed by atoms with van der Waals surface area (Å²) in [5, 5.41) is 22.3. The molecule has 1 fully saturated rings. The van der Waals surface area contributed by atoms with Gasteiger partial charge in [-0.25, -0.2) is 4.68 Å². The summed E-state index contributed by atoms with van der Waals surface area (Å²) in [5.41, 5.74) is 0.568. The maximum absolute atomic E-state index is 11.3. The van der Waals surface area contributed by atoms with E-state index in [9.17, 15) is 10.1 Å². The number of nitrogens with zero attached hydrogens (tertiary/aromatic N) is 3. The molecule has 0 aliphatic carbocycles. The molecule has 0 bridgehead atoms. The van der Waals surface area contributed by atoms with Gasteiger partial charge in [0.05, 0.1) is 4.92 Å². The first-order valence-electron chi connectivity index (χ1n) is 7.13. The quantitative estimate of drug-likeness (QED) is 0.653. The fourth-order valence-corrected chi connectivity index (χ4v) is 2.72. The van der Waals surface area contributed by atoms with Crippen molar-refractivity contribution in [1.82, 2.24) is 15.1 Å². The molecule has 2 unspecified atom stereocenters. The van der Waals surface area contributed by atoms with E-state index in [1.54, 1.807) is 11.6 Å². The minimum atomic E-state index is -0.339. The maximum Gasteiger partial charge on any atom is 0.333 e. The van der Waals surface area contributed by atoms with Crippen LogP contribution in [0, 0.1) is 17.0 Å². The second-order valence-electron chi connectivity index (χ2n) is 5.80. The lowest BCUT2D eigenvalue weighted by Gasteiger charge is -2.29. The average Bonchev–Trinajstić information content (AvgIpc) is 2.66. The van der Waals surface area contributed by atoms with Crippen molar-refractivity contribution in [2.45, 2.75) is 58.7 Å². The first kappa shape index (κ1) is 14.8. The van der Waals surface area contributed by atoms with E-state index in [0.29, 0.717) is 17.6 Å². The number of hydrogen-bond donors (Lipinski definition) is 2. The van der Waals surface area contributed by atoms with Crippen LogP contribution >= 0.6 is 0 Å². The first-order valence-corrected chi connectivity index (χ1v) is 7.13. The number of nitrogens with one attached hydrogen (secondary N) is 2. The molecule has 112 valence electrons. The Morgan fingerprint density at radius 1 is 1.55 bits per heavy atom. The third-order valence-electron chi connectivity index (χ3n) is 3.69. The molecule has 0 amide bonds. The zero-order valence-electron chi connectivity index (χ0n) is 12.5. The zero-order chi connectivity index (χ0) is 14.9. The lowest BCUT2D eigenvalue weighted by atomic mass is 10.0. The van der Waals surface area contributed by atoms with E-state index in [-0.39, 0.29) is 22.7 Å². The Morgan fingerprint density at radius 2 is 2.25 bits per heavy atom. The van der Waals surface area contributed by atoms with Gasteiger partial charge in [0.25, 0.3) is 0 Å². The van der Waals surface area contributed by atoms with Crippen LogP contribution < -0.4 is 10.6 Å². The molecule has 1 aromatic heterocycles. The zero-order valence-corrected chi connectivity index (χ0v) is 12.5. The van der Waals surface area contributed by atoms with Crippen LogP contribution in [0.1, 0.15) is 45.3 Å². The van der Waals surface area contributed by atoms with Crippen molar-refractivity contribution in [3.8, 4) is 0 Å². The van der Waals surface area contributed by atoms with E-state index in [0.717, 1.165) is 19.4 Å². The van der Waals surface area contributed by atoms with Crippen LogP contribution in [0.3, 0.4) is 0 Å². The van der Waals surface area contributed by atoms with Crippen LogP contribution in [-0.4, -0.2) is 33.3 Å². The number of nitro groups is 1. The van der Waals surface area contributed by atoms with E-state index >= 15 is 0 Å². The molecule has 0 saturated carbocycles. The molecule has 7 heteroatoms. The lowest BCUT2D eigenvalue weighted by Crippen LogP contribution is -2.41.